The lowest BCUT2D eigenvalue weighted by Crippen LogP contribution is -2.18. The van der Waals surface area contributed by atoms with E-state index in [4.69, 9.17) is 16.7 Å². The van der Waals surface area contributed by atoms with E-state index >= 15 is 0 Å². The zero-order valence-electron chi connectivity index (χ0n) is 7.57. The van der Waals surface area contributed by atoms with E-state index in [2.05, 4.69) is 20.7 Å². The summed E-state index contributed by atoms with van der Waals surface area (Å²) in [6, 6.07) is 4.70. The largest absolute Gasteiger partial charge is 0.395 e. The SMILES string of the molecule is O=S(=O)(CCO)Nc1ccc(Br)c(Cl)c1. The first-order valence-electron chi connectivity index (χ1n) is 4.01. The van der Waals surface area contributed by atoms with Crippen molar-refractivity contribution in [3.63, 3.8) is 0 Å². The Labute approximate surface area is 101 Å². The fraction of sp³-hybridized carbons (Fsp3) is 0.250. The van der Waals surface area contributed by atoms with Gasteiger partial charge in [-0.1, -0.05) is 11.6 Å². The predicted molar refractivity (Wildman–Crippen MR) is 63.6 cm³/mol. The molecule has 0 unspecified atom stereocenters. The van der Waals surface area contributed by atoms with Gasteiger partial charge < -0.3 is 5.11 Å². The van der Waals surface area contributed by atoms with Crippen LogP contribution in [0.1, 0.15) is 0 Å². The van der Waals surface area contributed by atoms with Crippen LogP contribution in [0.4, 0.5) is 5.69 Å². The van der Waals surface area contributed by atoms with Crippen LogP contribution in [0.2, 0.25) is 5.02 Å². The molecule has 0 atom stereocenters. The van der Waals surface area contributed by atoms with Crippen molar-refractivity contribution in [1.82, 2.24) is 0 Å². The minimum absolute atomic E-state index is 0.333. The van der Waals surface area contributed by atoms with Crippen LogP contribution < -0.4 is 4.72 Å². The van der Waals surface area contributed by atoms with Crippen molar-refractivity contribution in [2.24, 2.45) is 0 Å². The maximum absolute atomic E-state index is 11.3. The van der Waals surface area contributed by atoms with Crippen LogP contribution in [0.5, 0.6) is 0 Å². The molecule has 0 heterocycles. The van der Waals surface area contributed by atoms with Crippen LogP contribution in [0.15, 0.2) is 22.7 Å². The first kappa shape index (κ1) is 12.8. The van der Waals surface area contributed by atoms with Gasteiger partial charge in [-0.05, 0) is 34.1 Å². The molecule has 0 aromatic heterocycles. The summed E-state index contributed by atoms with van der Waals surface area (Å²) in [5.74, 6) is -0.333. The fourth-order valence-electron chi connectivity index (χ4n) is 0.910. The Kier molecular flexibility index (Phi) is 4.39. The number of hydrogen-bond donors (Lipinski definition) is 2. The number of halogens is 2. The van der Waals surface area contributed by atoms with E-state index in [9.17, 15) is 8.42 Å². The molecule has 0 saturated carbocycles. The summed E-state index contributed by atoms with van der Waals surface area (Å²) in [6.07, 6.45) is 0. The summed E-state index contributed by atoms with van der Waals surface area (Å²) >= 11 is 8.98. The third-order valence-electron chi connectivity index (χ3n) is 1.55. The number of anilines is 1. The van der Waals surface area contributed by atoms with E-state index in [1.54, 1.807) is 12.1 Å². The molecule has 4 nitrogen and oxygen atoms in total. The molecule has 0 saturated heterocycles. The van der Waals surface area contributed by atoms with Crippen LogP contribution >= 0.6 is 27.5 Å². The Morgan fingerprint density at radius 3 is 2.67 bits per heavy atom. The molecular weight excluding hydrogens is 306 g/mol. The number of rotatable bonds is 4. The van der Waals surface area contributed by atoms with Gasteiger partial charge in [-0.3, -0.25) is 4.72 Å². The highest BCUT2D eigenvalue weighted by atomic mass is 79.9. The van der Waals surface area contributed by atoms with Crippen molar-refractivity contribution in [3.8, 4) is 0 Å². The van der Waals surface area contributed by atoms with Gasteiger partial charge in [-0.2, -0.15) is 0 Å². The minimum atomic E-state index is -3.49. The van der Waals surface area contributed by atoms with Crippen LogP contribution in [0.3, 0.4) is 0 Å². The zero-order valence-corrected chi connectivity index (χ0v) is 10.7. The quantitative estimate of drug-likeness (QED) is 0.891. The second-order valence-electron chi connectivity index (χ2n) is 2.77. The Morgan fingerprint density at radius 1 is 1.47 bits per heavy atom. The molecule has 0 amide bonds. The molecule has 7 heteroatoms. The Hall–Kier alpha value is -0.300. The zero-order chi connectivity index (χ0) is 11.5. The number of hydrogen-bond acceptors (Lipinski definition) is 3. The monoisotopic (exact) mass is 313 g/mol. The van der Waals surface area contributed by atoms with Crippen molar-refractivity contribution >= 4 is 43.2 Å². The number of nitrogens with one attached hydrogen (secondary N) is 1. The highest BCUT2D eigenvalue weighted by Crippen LogP contribution is 2.25. The van der Waals surface area contributed by atoms with Gasteiger partial charge in [0.1, 0.15) is 0 Å². The van der Waals surface area contributed by atoms with Crippen molar-refractivity contribution in [1.29, 1.82) is 0 Å². The molecule has 0 spiro atoms. The summed E-state index contributed by atoms with van der Waals surface area (Å²) in [4.78, 5) is 0. The molecule has 0 fully saturated rings. The predicted octanol–water partition coefficient (Wildman–Crippen LogP) is 1.84. The van der Waals surface area contributed by atoms with Gasteiger partial charge in [0.25, 0.3) is 0 Å². The van der Waals surface area contributed by atoms with E-state index in [0.717, 1.165) is 0 Å². The van der Waals surface area contributed by atoms with Crippen LogP contribution in [-0.4, -0.2) is 25.9 Å². The van der Waals surface area contributed by atoms with E-state index in [0.29, 0.717) is 15.2 Å². The molecule has 84 valence electrons. The lowest BCUT2D eigenvalue weighted by molar-refractivity contribution is 0.320. The molecule has 0 aliphatic heterocycles. The molecule has 15 heavy (non-hydrogen) atoms. The minimum Gasteiger partial charge on any atom is -0.395 e. The topological polar surface area (TPSA) is 66.4 Å². The summed E-state index contributed by atoms with van der Waals surface area (Å²) in [7, 11) is -3.49. The maximum Gasteiger partial charge on any atom is 0.234 e. The van der Waals surface area contributed by atoms with Crippen molar-refractivity contribution in [3.05, 3.63) is 27.7 Å². The maximum atomic E-state index is 11.3. The van der Waals surface area contributed by atoms with Gasteiger partial charge in [0.2, 0.25) is 10.0 Å². The van der Waals surface area contributed by atoms with Crippen LogP contribution in [0.25, 0.3) is 0 Å². The van der Waals surface area contributed by atoms with Gasteiger partial charge in [0, 0.05) is 4.47 Å². The average Bonchev–Trinajstić information content (AvgIpc) is 2.10. The Bertz CT molecular complexity index is 449. The summed E-state index contributed by atoms with van der Waals surface area (Å²) in [5, 5.41) is 8.94. The standard InChI is InChI=1S/C8H9BrClNO3S/c9-7-2-1-6(5-8(7)10)11-15(13,14)4-3-12/h1-2,5,11-12H,3-4H2. The summed E-state index contributed by atoms with van der Waals surface area (Å²) in [6.45, 7) is -0.417. The first-order chi connectivity index (χ1) is 6.94. The molecule has 2 N–H and O–H groups in total. The third-order valence-corrected chi connectivity index (χ3v) is 4.05. The van der Waals surface area contributed by atoms with E-state index < -0.39 is 16.6 Å². The van der Waals surface area contributed by atoms with Crippen molar-refractivity contribution in [2.75, 3.05) is 17.1 Å². The van der Waals surface area contributed by atoms with Gasteiger partial charge >= 0.3 is 0 Å². The van der Waals surface area contributed by atoms with Crippen LogP contribution in [-0.2, 0) is 10.0 Å². The lowest BCUT2D eigenvalue weighted by Gasteiger charge is -2.07. The number of aliphatic hydroxyl groups is 1. The highest BCUT2D eigenvalue weighted by molar-refractivity contribution is 9.10. The van der Waals surface area contributed by atoms with E-state index in [1.807, 2.05) is 0 Å². The van der Waals surface area contributed by atoms with Gasteiger partial charge in [0.15, 0.2) is 0 Å². The van der Waals surface area contributed by atoms with Crippen molar-refractivity contribution < 1.29 is 13.5 Å². The smallest absolute Gasteiger partial charge is 0.234 e. The average molecular weight is 315 g/mol. The Morgan fingerprint density at radius 2 is 2.13 bits per heavy atom. The second-order valence-corrected chi connectivity index (χ2v) is 5.88. The van der Waals surface area contributed by atoms with Gasteiger partial charge in [0.05, 0.1) is 23.1 Å². The fourth-order valence-corrected chi connectivity index (χ4v) is 2.17. The molecule has 1 rings (SSSR count). The molecule has 0 bridgehead atoms. The molecule has 1 aromatic rings. The normalized spacial score (nSPS) is 11.4. The summed E-state index contributed by atoms with van der Waals surface area (Å²) < 4.78 is 25.5. The lowest BCUT2D eigenvalue weighted by atomic mass is 10.3. The first-order valence-corrected chi connectivity index (χ1v) is 6.83. The number of sulfonamides is 1. The van der Waals surface area contributed by atoms with Crippen molar-refractivity contribution in [2.45, 2.75) is 0 Å². The highest BCUT2D eigenvalue weighted by Gasteiger charge is 2.09. The number of aliphatic hydroxyl groups excluding tert-OH is 1. The molecule has 0 aliphatic rings. The Balaban J connectivity index is 2.86. The van der Waals surface area contributed by atoms with Gasteiger partial charge in [-0.15, -0.1) is 0 Å². The third kappa shape index (κ3) is 3.98. The molecule has 0 aliphatic carbocycles. The second kappa shape index (κ2) is 5.16. The van der Waals surface area contributed by atoms with Crippen LogP contribution in [0, 0.1) is 0 Å². The van der Waals surface area contributed by atoms with Gasteiger partial charge in [-0.25, -0.2) is 8.42 Å². The molecule has 1 aromatic carbocycles. The molecule has 0 radical (unpaired) electrons. The van der Waals surface area contributed by atoms with E-state index in [-0.39, 0.29) is 5.75 Å². The van der Waals surface area contributed by atoms with E-state index in [1.165, 1.54) is 6.07 Å². The summed E-state index contributed by atoms with van der Waals surface area (Å²) in [5.41, 5.74) is 0.372. The number of benzene rings is 1. The molecular formula is C8H9BrClNO3S.